The van der Waals surface area contributed by atoms with E-state index in [0.29, 0.717) is 6.42 Å². The van der Waals surface area contributed by atoms with Crippen LogP contribution in [0.2, 0.25) is 0 Å². The molecule has 1 aliphatic heterocycles. The lowest BCUT2D eigenvalue weighted by atomic mass is 10.0. The summed E-state index contributed by atoms with van der Waals surface area (Å²) in [5.41, 5.74) is 2.56. The summed E-state index contributed by atoms with van der Waals surface area (Å²) in [6.07, 6.45) is 2.26. The molecule has 0 aliphatic carbocycles. The van der Waals surface area contributed by atoms with Gasteiger partial charge in [-0.3, -0.25) is 4.79 Å². The maximum absolute atomic E-state index is 11.0. The number of rotatable bonds is 6. The van der Waals surface area contributed by atoms with E-state index in [1.165, 1.54) is 18.2 Å². The molecule has 0 saturated carbocycles. The summed E-state index contributed by atoms with van der Waals surface area (Å²) in [6.45, 7) is 3.74. The SMILES string of the molecule is COC(=O)CCCNC(C)c1ccc2c(c1)CCO2. The van der Waals surface area contributed by atoms with Crippen LogP contribution in [0.15, 0.2) is 18.2 Å². The normalized spacial score (nSPS) is 14.6. The highest BCUT2D eigenvalue weighted by molar-refractivity contribution is 5.69. The van der Waals surface area contributed by atoms with Crippen LogP contribution < -0.4 is 10.1 Å². The number of esters is 1. The molecule has 4 heteroatoms. The number of carbonyl (C=O) groups excluding carboxylic acids is 1. The topological polar surface area (TPSA) is 47.6 Å². The first kappa shape index (κ1) is 13.9. The average Bonchev–Trinajstić information content (AvgIpc) is 2.90. The number of methoxy groups -OCH3 is 1. The van der Waals surface area contributed by atoms with E-state index in [1.807, 2.05) is 6.07 Å². The Labute approximate surface area is 114 Å². The van der Waals surface area contributed by atoms with Crippen LogP contribution in [-0.4, -0.2) is 26.2 Å². The minimum atomic E-state index is -0.149. The molecule has 0 fully saturated rings. The first-order chi connectivity index (χ1) is 9.20. The van der Waals surface area contributed by atoms with E-state index < -0.39 is 0 Å². The minimum Gasteiger partial charge on any atom is -0.493 e. The largest absolute Gasteiger partial charge is 0.493 e. The number of benzene rings is 1. The summed E-state index contributed by atoms with van der Waals surface area (Å²) in [6, 6.07) is 6.63. The molecule has 0 radical (unpaired) electrons. The van der Waals surface area contributed by atoms with Crippen molar-refractivity contribution >= 4 is 5.97 Å². The molecule has 0 amide bonds. The van der Waals surface area contributed by atoms with Crippen molar-refractivity contribution in [1.29, 1.82) is 0 Å². The Bertz CT molecular complexity index is 445. The summed E-state index contributed by atoms with van der Waals surface area (Å²) in [5, 5.41) is 3.42. The van der Waals surface area contributed by atoms with Gasteiger partial charge in [0.05, 0.1) is 13.7 Å². The van der Waals surface area contributed by atoms with Gasteiger partial charge in [0.15, 0.2) is 0 Å². The van der Waals surface area contributed by atoms with Gasteiger partial charge in [-0.1, -0.05) is 12.1 Å². The number of hydrogen-bond donors (Lipinski definition) is 1. The number of hydrogen-bond acceptors (Lipinski definition) is 4. The monoisotopic (exact) mass is 263 g/mol. The van der Waals surface area contributed by atoms with Crippen molar-refractivity contribution in [3.05, 3.63) is 29.3 Å². The van der Waals surface area contributed by atoms with Crippen molar-refractivity contribution < 1.29 is 14.3 Å². The number of nitrogens with one attached hydrogen (secondary N) is 1. The Morgan fingerprint density at radius 3 is 3.16 bits per heavy atom. The van der Waals surface area contributed by atoms with Crippen LogP contribution in [0.25, 0.3) is 0 Å². The van der Waals surface area contributed by atoms with Crippen molar-refractivity contribution in [2.45, 2.75) is 32.2 Å². The summed E-state index contributed by atoms with van der Waals surface area (Å²) in [7, 11) is 1.42. The smallest absolute Gasteiger partial charge is 0.305 e. The second kappa shape index (κ2) is 6.57. The molecule has 1 aromatic rings. The van der Waals surface area contributed by atoms with Gasteiger partial charge >= 0.3 is 5.97 Å². The lowest BCUT2D eigenvalue weighted by molar-refractivity contribution is -0.140. The van der Waals surface area contributed by atoms with Gasteiger partial charge in [0.25, 0.3) is 0 Å². The lowest BCUT2D eigenvalue weighted by Gasteiger charge is -2.15. The summed E-state index contributed by atoms with van der Waals surface area (Å²) in [4.78, 5) is 11.0. The maximum Gasteiger partial charge on any atom is 0.305 e. The Hall–Kier alpha value is -1.55. The second-order valence-corrected chi connectivity index (χ2v) is 4.82. The Balaban J connectivity index is 1.80. The molecule has 1 aliphatic rings. The zero-order valence-corrected chi connectivity index (χ0v) is 11.6. The first-order valence-electron chi connectivity index (χ1n) is 6.76. The highest BCUT2D eigenvalue weighted by Gasteiger charge is 2.14. The van der Waals surface area contributed by atoms with Crippen molar-refractivity contribution in [1.82, 2.24) is 5.32 Å². The van der Waals surface area contributed by atoms with Crippen LogP contribution in [0.5, 0.6) is 5.75 Å². The second-order valence-electron chi connectivity index (χ2n) is 4.82. The third-order valence-corrected chi connectivity index (χ3v) is 3.45. The van der Waals surface area contributed by atoms with Crippen LogP contribution in [-0.2, 0) is 16.0 Å². The third-order valence-electron chi connectivity index (χ3n) is 3.45. The Morgan fingerprint density at radius 1 is 1.53 bits per heavy atom. The van der Waals surface area contributed by atoms with Crippen LogP contribution in [0.4, 0.5) is 0 Å². The average molecular weight is 263 g/mol. The minimum absolute atomic E-state index is 0.149. The fourth-order valence-corrected chi connectivity index (χ4v) is 2.25. The molecule has 1 unspecified atom stereocenters. The van der Waals surface area contributed by atoms with E-state index in [2.05, 4.69) is 29.1 Å². The van der Waals surface area contributed by atoms with E-state index in [0.717, 1.165) is 31.7 Å². The standard InChI is InChI=1S/C15H21NO3/c1-11(16-8-3-4-15(17)18-2)12-5-6-14-13(10-12)7-9-19-14/h5-6,10-11,16H,3-4,7-9H2,1-2H3. The lowest BCUT2D eigenvalue weighted by Crippen LogP contribution is -2.20. The zero-order valence-electron chi connectivity index (χ0n) is 11.6. The Kier molecular flexibility index (Phi) is 4.80. The van der Waals surface area contributed by atoms with Gasteiger partial charge in [0.1, 0.15) is 5.75 Å². The maximum atomic E-state index is 11.0. The van der Waals surface area contributed by atoms with Gasteiger partial charge in [-0.15, -0.1) is 0 Å². The predicted molar refractivity (Wildman–Crippen MR) is 73.3 cm³/mol. The molecule has 1 heterocycles. The summed E-state index contributed by atoms with van der Waals surface area (Å²) < 4.78 is 10.1. The fraction of sp³-hybridized carbons (Fsp3) is 0.533. The van der Waals surface area contributed by atoms with Gasteiger partial charge < -0.3 is 14.8 Å². The molecule has 2 rings (SSSR count). The molecule has 0 aromatic heterocycles. The third kappa shape index (κ3) is 3.70. The number of carbonyl (C=O) groups is 1. The highest BCUT2D eigenvalue weighted by Crippen LogP contribution is 2.27. The van der Waals surface area contributed by atoms with Gasteiger partial charge in [-0.2, -0.15) is 0 Å². The molecule has 4 nitrogen and oxygen atoms in total. The van der Waals surface area contributed by atoms with Gasteiger partial charge in [-0.05, 0) is 37.1 Å². The van der Waals surface area contributed by atoms with Crippen molar-refractivity contribution in [3.63, 3.8) is 0 Å². The molecule has 1 atom stereocenters. The molecule has 0 bridgehead atoms. The van der Waals surface area contributed by atoms with E-state index in [-0.39, 0.29) is 12.0 Å². The van der Waals surface area contributed by atoms with E-state index in [1.54, 1.807) is 0 Å². The zero-order chi connectivity index (χ0) is 13.7. The first-order valence-corrected chi connectivity index (χ1v) is 6.76. The van der Waals surface area contributed by atoms with Crippen LogP contribution in [0.3, 0.4) is 0 Å². The van der Waals surface area contributed by atoms with Crippen molar-refractivity contribution in [2.75, 3.05) is 20.3 Å². The fourth-order valence-electron chi connectivity index (χ4n) is 2.25. The van der Waals surface area contributed by atoms with Crippen LogP contribution in [0.1, 0.15) is 36.9 Å². The van der Waals surface area contributed by atoms with Gasteiger partial charge in [0, 0.05) is 18.9 Å². The van der Waals surface area contributed by atoms with Gasteiger partial charge in [-0.25, -0.2) is 0 Å². The number of ether oxygens (including phenoxy) is 2. The molecule has 1 N–H and O–H groups in total. The van der Waals surface area contributed by atoms with E-state index in [4.69, 9.17) is 4.74 Å². The molecular formula is C15H21NO3. The molecule has 19 heavy (non-hydrogen) atoms. The van der Waals surface area contributed by atoms with E-state index >= 15 is 0 Å². The molecule has 104 valence electrons. The van der Waals surface area contributed by atoms with Gasteiger partial charge in [0.2, 0.25) is 0 Å². The molecule has 1 aromatic carbocycles. The van der Waals surface area contributed by atoms with Crippen LogP contribution >= 0.6 is 0 Å². The Morgan fingerprint density at radius 2 is 2.37 bits per heavy atom. The van der Waals surface area contributed by atoms with Crippen molar-refractivity contribution in [2.24, 2.45) is 0 Å². The molecule has 0 saturated heterocycles. The molecular weight excluding hydrogens is 242 g/mol. The quantitative estimate of drug-likeness (QED) is 0.631. The summed E-state index contributed by atoms with van der Waals surface area (Å²) >= 11 is 0. The van der Waals surface area contributed by atoms with E-state index in [9.17, 15) is 4.79 Å². The van der Waals surface area contributed by atoms with Crippen molar-refractivity contribution in [3.8, 4) is 5.75 Å². The predicted octanol–water partition coefficient (Wildman–Crippen LogP) is 2.23. The van der Waals surface area contributed by atoms with Crippen LogP contribution in [0, 0.1) is 0 Å². The summed E-state index contributed by atoms with van der Waals surface area (Å²) in [5.74, 6) is 0.866. The highest BCUT2D eigenvalue weighted by atomic mass is 16.5. The number of fused-ring (bicyclic) bond motifs is 1. The molecule has 0 spiro atoms.